The largest absolute Gasteiger partial charge is 0.307 e. The first kappa shape index (κ1) is 11.7. The number of nitrogens with zero attached hydrogens (tertiary/aromatic N) is 1. The minimum Gasteiger partial charge on any atom is -0.307 e. The van der Waals surface area contributed by atoms with Crippen LogP contribution in [0, 0.1) is 12.7 Å². The summed E-state index contributed by atoms with van der Waals surface area (Å²) in [5.41, 5.74) is 0.941. The molecular weight excluding hydrogens is 249 g/mol. The number of anilines is 1. The summed E-state index contributed by atoms with van der Waals surface area (Å²) in [6.07, 6.45) is 0.326. The smallest absolute Gasteiger partial charge is 0.228 e. The Hall–Kier alpha value is -0.740. The molecule has 0 bridgehead atoms. The van der Waals surface area contributed by atoms with Crippen LogP contribution in [0.2, 0.25) is 5.02 Å². The van der Waals surface area contributed by atoms with Gasteiger partial charge in [-0.05, 0) is 18.6 Å². The van der Waals surface area contributed by atoms with Crippen molar-refractivity contribution in [3.05, 3.63) is 28.5 Å². The lowest BCUT2D eigenvalue weighted by molar-refractivity contribution is -0.117. The Balaban J connectivity index is 2.48. The fourth-order valence-electron chi connectivity index (χ4n) is 1.79. The summed E-state index contributed by atoms with van der Waals surface area (Å²) < 4.78 is 13.7. The van der Waals surface area contributed by atoms with Crippen LogP contribution in [0.1, 0.15) is 12.0 Å². The normalized spacial score (nSPS) is 20.6. The zero-order valence-corrected chi connectivity index (χ0v) is 10.4. The molecule has 86 valence electrons. The highest BCUT2D eigenvalue weighted by molar-refractivity contribution is 7.81. The molecule has 0 aliphatic carbocycles. The Morgan fingerprint density at radius 2 is 2.25 bits per heavy atom. The zero-order valence-electron chi connectivity index (χ0n) is 8.70. The van der Waals surface area contributed by atoms with E-state index in [1.807, 2.05) is 0 Å². The van der Waals surface area contributed by atoms with Gasteiger partial charge in [0.2, 0.25) is 5.91 Å². The molecule has 1 heterocycles. The molecule has 1 fully saturated rings. The summed E-state index contributed by atoms with van der Waals surface area (Å²) in [6, 6.07) is 2.93. The Kier molecular flexibility index (Phi) is 3.13. The van der Waals surface area contributed by atoms with E-state index in [0.29, 0.717) is 18.0 Å². The van der Waals surface area contributed by atoms with Gasteiger partial charge in [-0.15, -0.1) is 0 Å². The van der Waals surface area contributed by atoms with Crippen molar-refractivity contribution in [1.29, 1.82) is 0 Å². The maximum Gasteiger partial charge on any atom is 0.228 e. The Morgan fingerprint density at radius 1 is 1.56 bits per heavy atom. The molecule has 0 saturated carbocycles. The van der Waals surface area contributed by atoms with E-state index in [-0.39, 0.29) is 16.8 Å². The summed E-state index contributed by atoms with van der Waals surface area (Å²) in [4.78, 5) is 13.0. The van der Waals surface area contributed by atoms with Crippen molar-refractivity contribution in [3.8, 4) is 0 Å². The number of hydrogen-bond acceptors (Lipinski definition) is 2. The molecule has 1 aromatic carbocycles. The van der Waals surface area contributed by atoms with Gasteiger partial charge in [0, 0.05) is 18.2 Å². The van der Waals surface area contributed by atoms with Gasteiger partial charge < -0.3 is 4.90 Å². The number of benzene rings is 1. The van der Waals surface area contributed by atoms with Crippen LogP contribution in [0.15, 0.2) is 12.1 Å². The van der Waals surface area contributed by atoms with E-state index in [1.54, 1.807) is 13.0 Å². The molecule has 1 saturated heterocycles. The molecule has 2 rings (SSSR count). The van der Waals surface area contributed by atoms with E-state index in [0.717, 1.165) is 5.56 Å². The van der Waals surface area contributed by atoms with Crippen LogP contribution in [0.4, 0.5) is 10.1 Å². The number of aryl methyl sites for hydroxylation is 1. The van der Waals surface area contributed by atoms with Crippen LogP contribution in [0.5, 0.6) is 0 Å². The second-order valence-electron chi connectivity index (χ2n) is 3.89. The Labute approximate surface area is 104 Å². The minimum absolute atomic E-state index is 0.0523. The van der Waals surface area contributed by atoms with Gasteiger partial charge >= 0.3 is 0 Å². The van der Waals surface area contributed by atoms with Crippen molar-refractivity contribution in [2.75, 3.05) is 11.4 Å². The fourth-order valence-corrected chi connectivity index (χ4v) is 2.37. The quantitative estimate of drug-likeness (QED) is 0.769. The average Bonchev–Trinajstić information content (AvgIpc) is 2.53. The number of amides is 1. The average molecular weight is 260 g/mol. The number of rotatable bonds is 1. The van der Waals surface area contributed by atoms with Crippen molar-refractivity contribution >= 4 is 35.8 Å². The number of hydrogen-bond donors (Lipinski definition) is 1. The van der Waals surface area contributed by atoms with Crippen molar-refractivity contribution in [3.63, 3.8) is 0 Å². The maximum absolute atomic E-state index is 13.7. The van der Waals surface area contributed by atoms with Crippen molar-refractivity contribution in [2.24, 2.45) is 0 Å². The first-order valence-corrected chi connectivity index (χ1v) is 5.83. The summed E-state index contributed by atoms with van der Waals surface area (Å²) in [5, 5.41) is 0.249. The van der Waals surface area contributed by atoms with E-state index in [2.05, 4.69) is 12.6 Å². The van der Waals surface area contributed by atoms with E-state index < -0.39 is 5.82 Å². The predicted molar refractivity (Wildman–Crippen MR) is 65.9 cm³/mol. The first-order chi connectivity index (χ1) is 7.50. The summed E-state index contributed by atoms with van der Waals surface area (Å²) >= 11 is 10.3. The van der Waals surface area contributed by atoms with Crippen LogP contribution in [0.3, 0.4) is 0 Å². The van der Waals surface area contributed by atoms with Gasteiger partial charge in [-0.25, -0.2) is 4.39 Å². The Morgan fingerprint density at radius 3 is 2.81 bits per heavy atom. The Bertz CT molecular complexity index is 452. The molecule has 5 heteroatoms. The lowest BCUT2D eigenvalue weighted by Gasteiger charge is -2.19. The third kappa shape index (κ3) is 1.92. The molecule has 16 heavy (non-hydrogen) atoms. The number of halogens is 2. The molecule has 0 aromatic heterocycles. The van der Waals surface area contributed by atoms with Crippen molar-refractivity contribution < 1.29 is 9.18 Å². The number of carbonyl (C=O) groups is 1. The highest BCUT2D eigenvalue weighted by atomic mass is 35.5. The molecule has 1 unspecified atom stereocenters. The standard InChI is InChI=1S/C11H11ClFNOS/c1-6-2-3-8(13)11(10(6)12)14-5-7(16)4-9(14)15/h2-3,7,16H,4-5H2,1H3. The summed E-state index contributed by atoms with van der Waals surface area (Å²) in [6.45, 7) is 2.19. The van der Waals surface area contributed by atoms with E-state index >= 15 is 0 Å². The molecule has 1 aliphatic heterocycles. The van der Waals surface area contributed by atoms with Gasteiger partial charge in [-0.2, -0.15) is 12.6 Å². The van der Waals surface area contributed by atoms with Crippen molar-refractivity contribution in [1.82, 2.24) is 0 Å². The fraction of sp³-hybridized carbons (Fsp3) is 0.364. The maximum atomic E-state index is 13.7. The van der Waals surface area contributed by atoms with Crippen LogP contribution in [-0.2, 0) is 4.79 Å². The highest BCUT2D eigenvalue weighted by Gasteiger charge is 2.31. The number of thiol groups is 1. The highest BCUT2D eigenvalue weighted by Crippen LogP contribution is 2.35. The molecule has 0 radical (unpaired) electrons. The van der Waals surface area contributed by atoms with E-state index in [1.165, 1.54) is 11.0 Å². The summed E-state index contributed by atoms with van der Waals surface area (Å²) in [5.74, 6) is -0.599. The van der Waals surface area contributed by atoms with Gasteiger partial charge in [-0.3, -0.25) is 4.79 Å². The van der Waals surface area contributed by atoms with Gasteiger partial charge in [0.1, 0.15) is 5.82 Å². The monoisotopic (exact) mass is 259 g/mol. The van der Waals surface area contributed by atoms with Crippen LogP contribution in [0.25, 0.3) is 0 Å². The summed E-state index contributed by atoms with van der Waals surface area (Å²) in [7, 11) is 0. The third-order valence-corrected chi connectivity index (χ3v) is 3.46. The van der Waals surface area contributed by atoms with E-state index in [4.69, 9.17) is 11.6 Å². The van der Waals surface area contributed by atoms with Crippen LogP contribution in [-0.4, -0.2) is 17.7 Å². The second kappa shape index (κ2) is 4.26. The van der Waals surface area contributed by atoms with Crippen molar-refractivity contribution in [2.45, 2.75) is 18.6 Å². The molecule has 1 atom stereocenters. The number of carbonyl (C=O) groups excluding carboxylic acids is 1. The minimum atomic E-state index is -0.466. The molecular formula is C11H11ClFNOS. The van der Waals surface area contributed by atoms with Gasteiger partial charge in [0.15, 0.2) is 0 Å². The topological polar surface area (TPSA) is 20.3 Å². The third-order valence-electron chi connectivity index (χ3n) is 2.63. The van der Waals surface area contributed by atoms with Gasteiger partial charge in [-0.1, -0.05) is 17.7 Å². The van der Waals surface area contributed by atoms with Gasteiger partial charge in [0.05, 0.1) is 10.7 Å². The van der Waals surface area contributed by atoms with E-state index in [9.17, 15) is 9.18 Å². The predicted octanol–water partition coefficient (Wildman–Crippen LogP) is 2.82. The van der Waals surface area contributed by atoms with Gasteiger partial charge in [0.25, 0.3) is 0 Å². The first-order valence-electron chi connectivity index (χ1n) is 4.93. The molecule has 1 amide bonds. The second-order valence-corrected chi connectivity index (χ2v) is 5.00. The zero-order chi connectivity index (χ0) is 11.9. The molecule has 1 aliphatic rings. The molecule has 0 N–H and O–H groups in total. The molecule has 0 spiro atoms. The van der Waals surface area contributed by atoms with Crippen LogP contribution < -0.4 is 4.90 Å². The molecule has 2 nitrogen and oxygen atoms in total. The SMILES string of the molecule is Cc1ccc(F)c(N2CC(S)CC2=O)c1Cl. The van der Waals surface area contributed by atoms with Crippen LogP contribution >= 0.6 is 24.2 Å². The molecule has 1 aromatic rings. The lowest BCUT2D eigenvalue weighted by Crippen LogP contribution is -2.26. The lowest BCUT2D eigenvalue weighted by atomic mass is 10.2.